The van der Waals surface area contributed by atoms with Crippen molar-refractivity contribution in [1.29, 1.82) is 0 Å². The highest BCUT2D eigenvalue weighted by molar-refractivity contribution is 9.10. The van der Waals surface area contributed by atoms with Crippen LogP contribution in [-0.4, -0.2) is 43.8 Å². The van der Waals surface area contributed by atoms with Crippen LogP contribution in [0.1, 0.15) is 25.3 Å². The van der Waals surface area contributed by atoms with Gasteiger partial charge in [-0.3, -0.25) is 4.79 Å². The zero-order valence-electron chi connectivity index (χ0n) is 15.9. The molecular formula is C19H24BrN3O4S. The van der Waals surface area contributed by atoms with Gasteiger partial charge in [0.05, 0.1) is 18.0 Å². The van der Waals surface area contributed by atoms with Crippen molar-refractivity contribution in [2.45, 2.75) is 31.2 Å². The summed E-state index contributed by atoms with van der Waals surface area (Å²) in [5.74, 6) is 0.0682. The second kappa shape index (κ2) is 10.5. The fourth-order valence-corrected chi connectivity index (χ4v) is 3.72. The van der Waals surface area contributed by atoms with Gasteiger partial charge in [-0.2, -0.15) is 4.31 Å². The number of nitrogens with zero attached hydrogens (tertiary/aromatic N) is 2. The lowest BCUT2D eigenvalue weighted by Crippen LogP contribution is -2.38. The van der Waals surface area contributed by atoms with Crippen LogP contribution in [0.4, 0.5) is 0 Å². The summed E-state index contributed by atoms with van der Waals surface area (Å²) in [6.45, 7) is 2.55. The predicted molar refractivity (Wildman–Crippen MR) is 110 cm³/mol. The molecule has 1 N–H and O–H groups in total. The summed E-state index contributed by atoms with van der Waals surface area (Å²) >= 11 is 3.27. The van der Waals surface area contributed by atoms with Gasteiger partial charge < -0.3 is 10.1 Å². The Morgan fingerprint density at radius 3 is 2.64 bits per heavy atom. The minimum atomic E-state index is -3.74. The molecule has 0 bridgehead atoms. The first kappa shape index (κ1) is 22.3. The maximum absolute atomic E-state index is 12.6. The largest absolute Gasteiger partial charge is 0.477 e. The Morgan fingerprint density at radius 2 is 1.96 bits per heavy atom. The normalized spacial score (nSPS) is 11.4. The number of nitrogens with one attached hydrogen (secondary N) is 1. The van der Waals surface area contributed by atoms with E-state index in [4.69, 9.17) is 4.74 Å². The molecule has 1 heterocycles. The molecule has 9 heteroatoms. The van der Waals surface area contributed by atoms with Gasteiger partial charge >= 0.3 is 0 Å². The molecule has 0 aliphatic carbocycles. The van der Waals surface area contributed by atoms with Gasteiger partial charge in [-0.15, -0.1) is 0 Å². The van der Waals surface area contributed by atoms with Crippen LogP contribution < -0.4 is 10.1 Å². The minimum Gasteiger partial charge on any atom is -0.477 e. The lowest BCUT2D eigenvalue weighted by atomic mass is 10.2. The number of sulfonamides is 1. The number of benzene rings is 1. The Kier molecular flexibility index (Phi) is 8.40. The van der Waals surface area contributed by atoms with Crippen LogP contribution in [0, 0.1) is 0 Å². The number of likely N-dealkylation sites (N-methyl/N-ethyl adjacent to an activating group) is 1. The molecule has 2 rings (SSSR count). The van der Waals surface area contributed by atoms with E-state index in [9.17, 15) is 13.2 Å². The molecule has 2 aromatic rings. The maximum atomic E-state index is 12.6. The third-order valence-electron chi connectivity index (χ3n) is 3.95. The van der Waals surface area contributed by atoms with Crippen molar-refractivity contribution in [2.24, 2.45) is 0 Å². The molecule has 0 fully saturated rings. The van der Waals surface area contributed by atoms with Gasteiger partial charge in [-0.1, -0.05) is 35.3 Å². The number of unbranched alkanes of at least 4 members (excludes halogenated alkanes) is 1. The van der Waals surface area contributed by atoms with E-state index < -0.39 is 15.9 Å². The van der Waals surface area contributed by atoms with Crippen LogP contribution in [0.25, 0.3) is 0 Å². The number of aromatic nitrogens is 1. The SMILES string of the molecule is CCCCOc1ncccc1CNC(=O)CN(C)S(=O)(=O)c1ccc(Br)cc1. The van der Waals surface area contributed by atoms with Gasteiger partial charge in [0.1, 0.15) is 0 Å². The monoisotopic (exact) mass is 469 g/mol. The van der Waals surface area contributed by atoms with Gasteiger partial charge in [-0.25, -0.2) is 13.4 Å². The molecule has 0 aliphatic rings. The zero-order valence-corrected chi connectivity index (χ0v) is 18.3. The third kappa shape index (κ3) is 6.29. The number of halogens is 1. The molecule has 0 saturated carbocycles. The number of carbonyl (C=O) groups excluding carboxylic acids is 1. The van der Waals surface area contributed by atoms with Crippen LogP contribution in [-0.2, 0) is 21.4 Å². The van der Waals surface area contributed by atoms with E-state index in [0.717, 1.165) is 27.2 Å². The molecule has 1 aromatic heterocycles. The van der Waals surface area contributed by atoms with Gasteiger partial charge in [0.2, 0.25) is 21.8 Å². The number of pyridine rings is 1. The summed E-state index contributed by atoms with van der Waals surface area (Å²) in [6, 6.07) is 9.84. The summed E-state index contributed by atoms with van der Waals surface area (Å²) in [6.07, 6.45) is 3.56. The molecule has 0 spiro atoms. The molecule has 0 aliphatic heterocycles. The number of rotatable bonds is 10. The molecule has 28 heavy (non-hydrogen) atoms. The standard InChI is InChI=1S/C19H24BrN3O4S/c1-3-4-12-27-19-15(6-5-11-21-19)13-22-18(24)14-23(2)28(25,26)17-9-7-16(20)8-10-17/h5-11H,3-4,12-14H2,1-2H3,(H,22,24). The van der Waals surface area contributed by atoms with E-state index in [-0.39, 0.29) is 18.0 Å². The van der Waals surface area contributed by atoms with E-state index in [1.54, 1.807) is 24.4 Å². The average molecular weight is 470 g/mol. The summed E-state index contributed by atoms with van der Waals surface area (Å²) < 4.78 is 32.5. The molecule has 0 saturated heterocycles. The first-order chi connectivity index (χ1) is 13.3. The number of carbonyl (C=O) groups is 1. The van der Waals surface area contributed by atoms with Crippen LogP contribution in [0.2, 0.25) is 0 Å². The number of hydrogen-bond acceptors (Lipinski definition) is 5. The Bertz CT molecular complexity index is 888. The lowest BCUT2D eigenvalue weighted by Gasteiger charge is -2.17. The van der Waals surface area contributed by atoms with E-state index in [1.807, 2.05) is 6.07 Å². The van der Waals surface area contributed by atoms with E-state index in [2.05, 4.69) is 33.2 Å². The minimum absolute atomic E-state index is 0.130. The number of amides is 1. The Morgan fingerprint density at radius 1 is 1.25 bits per heavy atom. The van der Waals surface area contributed by atoms with E-state index in [0.29, 0.717) is 12.5 Å². The van der Waals surface area contributed by atoms with Crippen LogP contribution >= 0.6 is 15.9 Å². The van der Waals surface area contributed by atoms with Crippen molar-refractivity contribution in [3.63, 3.8) is 0 Å². The first-order valence-electron chi connectivity index (χ1n) is 8.90. The third-order valence-corrected chi connectivity index (χ3v) is 6.30. The van der Waals surface area contributed by atoms with Crippen molar-refractivity contribution in [2.75, 3.05) is 20.2 Å². The van der Waals surface area contributed by atoms with Crippen molar-refractivity contribution in [3.05, 3.63) is 52.6 Å². The molecular weight excluding hydrogens is 446 g/mol. The second-order valence-corrected chi connectivity index (χ2v) is 9.12. The average Bonchev–Trinajstić information content (AvgIpc) is 2.67. The topological polar surface area (TPSA) is 88.6 Å². The van der Waals surface area contributed by atoms with Gasteiger partial charge in [0.25, 0.3) is 0 Å². The van der Waals surface area contributed by atoms with Gasteiger partial charge in [0.15, 0.2) is 0 Å². The summed E-state index contributed by atoms with van der Waals surface area (Å²) in [7, 11) is -2.37. The quantitative estimate of drug-likeness (QED) is 0.540. The fourth-order valence-electron chi connectivity index (χ4n) is 2.33. The summed E-state index contributed by atoms with van der Waals surface area (Å²) in [5.41, 5.74) is 0.741. The Hall–Kier alpha value is -1.97. The smallest absolute Gasteiger partial charge is 0.243 e. The van der Waals surface area contributed by atoms with E-state index >= 15 is 0 Å². The van der Waals surface area contributed by atoms with Crippen LogP contribution in [0.5, 0.6) is 5.88 Å². The fraction of sp³-hybridized carbons (Fsp3) is 0.368. The van der Waals surface area contributed by atoms with Crippen LogP contribution in [0.3, 0.4) is 0 Å². The Balaban J connectivity index is 1.94. The number of ether oxygens (including phenoxy) is 1. The highest BCUT2D eigenvalue weighted by atomic mass is 79.9. The second-order valence-electron chi connectivity index (χ2n) is 6.16. The molecule has 1 aromatic carbocycles. The van der Waals surface area contributed by atoms with E-state index in [1.165, 1.54) is 19.2 Å². The molecule has 0 atom stereocenters. The predicted octanol–water partition coefficient (Wildman–Crippen LogP) is 2.96. The zero-order chi connectivity index (χ0) is 20.6. The highest BCUT2D eigenvalue weighted by Crippen LogP contribution is 2.18. The molecule has 0 unspecified atom stereocenters. The number of hydrogen-bond donors (Lipinski definition) is 1. The molecule has 7 nitrogen and oxygen atoms in total. The lowest BCUT2D eigenvalue weighted by molar-refractivity contribution is -0.121. The summed E-state index contributed by atoms with van der Waals surface area (Å²) in [5, 5.41) is 2.72. The van der Waals surface area contributed by atoms with Crippen molar-refractivity contribution < 1.29 is 17.9 Å². The molecule has 0 radical (unpaired) electrons. The van der Waals surface area contributed by atoms with Crippen LogP contribution in [0.15, 0.2) is 52.0 Å². The Labute approximate surface area is 174 Å². The molecule has 1 amide bonds. The molecule has 152 valence electrons. The van der Waals surface area contributed by atoms with Crippen molar-refractivity contribution >= 4 is 31.9 Å². The van der Waals surface area contributed by atoms with Gasteiger partial charge in [-0.05, 0) is 36.8 Å². The first-order valence-corrected chi connectivity index (χ1v) is 11.1. The maximum Gasteiger partial charge on any atom is 0.243 e. The summed E-state index contributed by atoms with van der Waals surface area (Å²) in [4.78, 5) is 16.6. The van der Waals surface area contributed by atoms with Crippen molar-refractivity contribution in [1.82, 2.24) is 14.6 Å². The van der Waals surface area contributed by atoms with Gasteiger partial charge in [0, 0.05) is 29.8 Å². The highest BCUT2D eigenvalue weighted by Gasteiger charge is 2.22. The van der Waals surface area contributed by atoms with Crippen molar-refractivity contribution in [3.8, 4) is 5.88 Å².